The van der Waals surface area contributed by atoms with Gasteiger partial charge in [-0.2, -0.15) is 14.8 Å². The van der Waals surface area contributed by atoms with Crippen molar-refractivity contribution in [1.82, 2.24) is 24.8 Å². The van der Waals surface area contributed by atoms with Crippen LogP contribution in [0, 0.1) is 5.92 Å². The first-order valence-electron chi connectivity index (χ1n) is 10.7. The molecule has 148 valence electrons. The van der Waals surface area contributed by atoms with Crippen LogP contribution in [0.4, 0.5) is 0 Å². The van der Waals surface area contributed by atoms with E-state index in [4.69, 9.17) is 14.6 Å². The van der Waals surface area contributed by atoms with Gasteiger partial charge >= 0.3 is 0 Å². The van der Waals surface area contributed by atoms with E-state index in [1.165, 1.54) is 36.9 Å². The average molecular weight is 380 g/mol. The second-order valence-electron chi connectivity index (χ2n) is 8.82. The highest BCUT2D eigenvalue weighted by Crippen LogP contribution is 2.42. The number of hydrogen-bond donors (Lipinski definition) is 0. The molecule has 2 aromatic heterocycles. The van der Waals surface area contributed by atoms with Gasteiger partial charge in [0.15, 0.2) is 0 Å². The third kappa shape index (κ3) is 3.46. The Morgan fingerprint density at radius 2 is 1.86 bits per heavy atom. The summed E-state index contributed by atoms with van der Waals surface area (Å²) in [5.41, 5.74) is 2.25. The van der Waals surface area contributed by atoms with E-state index in [2.05, 4.69) is 42.1 Å². The lowest BCUT2D eigenvalue weighted by Crippen LogP contribution is -2.34. The van der Waals surface area contributed by atoms with Crippen LogP contribution < -0.4 is 0 Å². The van der Waals surface area contributed by atoms with Crippen molar-refractivity contribution in [1.29, 1.82) is 0 Å². The fraction of sp³-hybridized carbons (Fsp3) is 0.591. The molecular formula is C22H29N5O. The van der Waals surface area contributed by atoms with Crippen molar-refractivity contribution in [2.75, 3.05) is 19.6 Å². The van der Waals surface area contributed by atoms with Gasteiger partial charge in [0.25, 0.3) is 5.95 Å². The van der Waals surface area contributed by atoms with Crippen molar-refractivity contribution >= 4 is 10.9 Å². The van der Waals surface area contributed by atoms with E-state index in [0.29, 0.717) is 17.8 Å². The van der Waals surface area contributed by atoms with E-state index in [0.717, 1.165) is 43.3 Å². The van der Waals surface area contributed by atoms with Gasteiger partial charge in [0.1, 0.15) is 0 Å². The Bertz CT molecular complexity index is 947. The van der Waals surface area contributed by atoms with Crippen LogP contribution in [0.3, 0.4) is 0 Å². The molecule has 0 amide bonds. The van der Waals surface area contributed by atoms with Crippen LogP contribution in [0.25, 0.3) is 16.9 Å². The van der Waals surface area contributed by atoms with Gasteiger partial charge in [-0.05, 0) is 68.9 Å². The zero-order valence-electron chi connectivity index (χ0n) is 16.8. The Balaban J connectivity index is 1.33. The van der Waals surface area contributed by atoms with Gasteiger partial charge in [-0.3, -0.25) is 0 Å². The monoisotopic (exact) mass is 379 g/mol. The van der Waals surface area contributed by atoms with Crippen molar-refractivity contribution in [2.45, 2.75) is 57.8 Å². The molecule has 1 aliphatic carbocycles. The van der Waals surface area contributed by atoms with Crippen LogP contribution in [0.1, 0.15) is 69.4 Å². The molecule has 0 atom stereocenters. The summed E-state index contributed by atoms with van der Waals surface area (Å²) in [6.45, 7) is 8.01. The van der Waals surface area contributed by atoms with Crippen LogP contribution in [0.5, 0.6) is 0 Å². The lowest BCUT2D eigenvalue weighted by molar-refractivity contribution is 0.186. The highest BCUT2D eigenvalue weighted by atomic mass is 16.5. The molecule has 5 rings (SSSR count). The van der Waals surface area contributed by atoms with Gasteiger partial charge < -0.3 is 9.42 Å². The Labute approximate surface area is 165 Å². The SMILES string of the molecule is CC(C)CCN1CCC(c2nc(-n3nc(C4CC4)c4ccccc43)no2)CC1. The smallest absolute Gasteiger partial charge is 0.291 e. The Morgan fingerprint density at radius 3 is 2.61 bits per heavy atom. The average Bonchev–Trinajstić information content (AvgIpc) is 3.31. The molecule has 6 heteroatoms. The van der Waals surface area contributed by atoms with Gasteiger partial charge in [0.2, 0.25) is 5.89 Å². The molecule has 3 heterocycles. The Kier molecular flexibility index (Phi) is 4.67. The Hall–Kier alpha value is -2.21. The lowest BCUT2D eigenvalue weighted by atomic mass is 9.96. The van der Waals surface area contributed by atoms with E-state index < -0.39 is 0 Å². The summed E-state index contributed by atoms with van der Waals surface area (Å²) in [5, 5.41) is 10.4. The molecule has 6 nitrogen and oxygen atoms in total. The van der Waals surface area contributed by atoms with E-state index in [-0.39, 0.29) is 0 Å². The number of rotatable bonds is 6. The molecule has 0 radical (unpaired) electrons. The minimum absolute atomic E-state index is 0.362. The van der Waals surface area contributed by atoms with Crippen molar-refractivity contribution in [3.05, 3.63) is 35.9 Å². The molecule has 1 saturated heterocycles. The minimum Gasteiger partial charge on any atom is -0.337 e. The molecule has 1 saturated carbocycles. The zero-order chi connectivity index (χ0) is 19.1. The molecule has 0 unspecified atom stereocenters. The molecule has 0 spiro atoms. The summed E-state index contributed by atoms with van der Waals surface area (Å²) < 4.78 is 7.55. The van der Waals surface area contributed by atoms with Gasteiger partial charge in [-0.15, -0.1) is 0 Å². The van der Waals surface area contributed by atoms with Crippen LogP contribution >= 0.6 is 0 Å². The number of para-hydroxylation sites is 1. The summed E-state index contributed by atoms with van der Waals surface area (Å²) in [7, 11) is 0. The Morgan fingerprint density at radius 1 is 1.07 bits per heavy atom. The summed E-state index contributed by atoms with van der Waals surface area (Å²) >= 11 is 0. The standard InChI is InChI=1S/C22H29N5O/c1-15(2)9-12-26-13-10-17(11-14-26)21-23-22(25-28-21)27-19-6-4-3-5-18(19)20(24-27)16-7-8-16/h3-6,15-17H,7-14H2,1-2H3. The molecule has 2 fully saturated rings. The van der Waals surface area contributed by atoms with Crippen molar-refractivity contribution in [2.24, 2.45) is 5.92 Å². The third-order valence-corrected chi connectivity index (χ3v) is 6.16. The number of aromatic nitrogens is 4. The van der Waals surface area contributed by atoms with Gasteiger partial charge in [0.05, 0.1) is 11.2 Å². The summed E-state index contributed by atoms with van der Waals surface area (Å²) in [5.74, 6) is 3.06. The number of piperidine rings is 1. The summed E-state index contributed by atoms with van der Waals surface area (Å²) in [6, 6.07) is 8.37. The van der Waals surface area contributed by atoms with Gasteiger partial charge in [-0.1, -0.05) is 32.0 Å². The quantitative estimate of drug-likeness (QED) is 0.630. The van der Waals surface area contributed by atoms with E-state index >= 15 is 0 Å². The normalized spacial score (nSPS) is 19.1. The van der Waals surface area contributed by atoms with Crippen LogP contribution in [-0.2, 0) is 0 Å². The minimum atomic E-state index is 0.362. The highest BCUT2D eigenvalue weighted by Gasteiger charge is 2.30. The van der Waals surface area contributed by atoms with Crippen LogP contribution in [0.15, 0.2) is 28.8 Å². The number of fused-ring (bicyclic) bond motifs is 1. The molecule has 0 N–H and O–H groups in total. The van der Waals surface area contributed by atoms with Gasteiger partial charge in [0, 0.05) is 17.2 Å². The topological polar surface area (TPSA) is 60.0 Å². The maximum absolute atomic E-state index is 5.69. The van der Waals surface area contributed by atoms with Crippen molar-refractivity contribution < 1.29 is 4.52 Å². The summed E-state index contributed by atoms with van der Waals surface area (Å²) in [6.07, 6.45) is 5.91. The first-order chi connectivity index (χ1) is 13.7. The molecular weight excluding hydrogens is 350 g/mol. The van der Waals surface area contributed by atoms with Crippen LogP contribution in [0.2, 0.25) is 0 Å². The maximum atomic E-state index is 5.69. The first kappa shape index (κ1) is 17.9. The molecule has 3 aromatic rings. The van der Waals surface area contributed by atoms with Crippen LogP contribution in [-0.4, -0.2) is 44.5 Å². The maximum Gasteiger partial charge on any atom is 0.291 e. The van der Waals surface area contributed by atoms with E-state index in [1.54, 1.807) is 0 Å². The van der Waals surface area contributed by atoms with Crippen molar-refractivity contribution in [3.63, 3.8) is 0 Å². The van der Waals surface area contributed by atoms with E-state index in [9.17, 15) is 0 Å². The molecule has 1 aromatic carbocycles. The molecule has 1 aliphatic heterocycles. The number of hydrogen-bond acceptors (Lipinski definition) is 5. The largest absolute Gasteiger partial charge is 0.337 e. The third-order valence-electron chi connectivity index (χ3n) is 6.16. The second kappa shape index (κ2) is 7.32. The number of nitrogens with zero attached hydrogens (tertiary/aromatic N) is 5. The van der Waals surface area contributed by atoms with Gasteiger partial charge in [-0.25, -0.2) is 0 Å². The van der Waals surface area contributed by atoms with E-state index in [1.807, 2.05) is 10.7 Å². The lowest BCUT2D eigenvalue weighted by Gasteiger charge is -2.30. The predicted octanol–water partition coefficient (Wildman–Crippen LogP) is 4.51. The molecule has 2 aliphatic rings. The summed E-state index contributed by atoms with van der Waals surface area (Å²) in [4.78, 5) is 7.32. The molecule has 28 heavy (non-hydrogen) atoms. The zero-order valence-corrected chi connectivity index (χ0v) is 16.8. The van der Waals surface area contributed by atoms with Crippen molar-refractivity contribution in [3.8, 4) is 5.95 Å². The fourth-order valence-corrected chi connectivity index (χ4v) is 4.22. The first-order valence-corrected chi connectivity index (χ1v) is 10.7. The fourth-order valence-electron chi connectivity index (χ4n) is 4.22. The second-order valence-corrected chi connectivity index (χ2v) is 8.82. The predicted molar refractivity (Wildman–Crippen MR) is 109 cm³/mol. The molecule has 0 bridgehead atoms. The number of benzene rings is 1. The number of likely N-dealkylation sites (tertiary alicyclic amines) is 1. The highest BCUT2D eigenvalue weighted by molar-refractivity contribution is 5.83.